The van der Waals surface area contributed by atoms with Gasteiger partial charge in [-0.15, -0.1) is 0 Å². The van der Waals surface area contributed by atoms with Crippen molar-refractivity contribution in [1.82, 2.24) is 15.6 Å². The number of aromatic nitrogens is 1. The predicted molar refractivity (Wildman–Crippen MR) is 104 cm³/mol. The van der Waals surface area contributed by atoms with Crippen molar-refractivity contribution in [3.8, 4) is 0 Å². The quantitative estimate of drug-likeness (QED) is 0.601. The Hall–Kier alpha value is -3.28. The van der Waals surface area contributed by atoms with Crippen LogP contribution in [0.2, 0.25) is 0 Å². The van der Waals surface area contributed by atoms with E-state index in [1.54, 1.807) is 6.92 Å². The molecule has 0 aliphatic heterocycles. The van der Waals surface area contributed by atoms with Crippen LogP contribution >= 0.6 is 0 Å². The number of rotatable bonds is 7. The maximum absolute atomic E-state index is 12.7. The molecule has 6 nitrogen and oxygen atoms in total. The summed E-state index contributed by atoms with van der Waals surface area (Å²) in [5, 5.41) is 6.59. The molecule has 0 aliphatic carbocycles. The van der Waals surface area contributed by atoms with Crippen LogP contribution in [0.3, 0.4) is 0 Å². The van der Waals surface area contributed by atoms with Gasteiger partial charge < -0.3 is 20.4 Å². The molecule has 0 bridgehead atoms. The molecule has 0 unspecified atom stereocenters. The molecule has 27 heavy (non-hydrogen) atoms. The minimum atomic E-state index is -0.730. The molecule has 3 aromatic rings. The van der Waals surface area contributed by atoms with E-state index in [1.807, 2.05) is 60.8 Å². The Morgan fingerprint density at radius 2 is 1.81 bits per heavy atom. The first-order valence-electron chi connectivity index (χ1n) is 8.97. The number of alkyl carbamates (subject to hydrolysis) is 1. The van der Waals surface area contributed by atoms with Gasteiger partial charge in [-0.05, 0) is 24.1 Å². The lowest BCUT2D eigenvalue weighted by Gasteiger charge is -2.18. The van der Waals surface area contributed by atoms with Gasteiger partial charge in [-0.1, -0.05) is 48.5 Å². The van der Waals surface area contributed by atoms with E-state index in [9.17, 15) is 9.59 Å². The summed E-state index contributed by atoms with van der Waals surface area (Å²) in [5.41, 5.74) is 2.95. The number of aromatic amines is 1. The van der Waals surface area contributed by atoms with Crippen LogP contribution in [-0.4, -0.2) is 29.6 Å². The monoisotopic (exact) mass is 365 g/mol. The fourth-order valence-electron chi connectivity index (χ4n) is 2.95. The molecule has 1 heterocycles. The standard InChI is InChI=1S/C21H23N3O3/c1-2-27-21(26)24-19(20(25)23-13-15-8-4-3-5-9-15)12-16-14-22-18-11-7-6-10-17(16)18/h3-11,14,19,22H,2,12-13H2,1H3,(H,23,25)(H,24,26)/t19-/m0/s1. The molecule has 3 N–H and O–H groups in total. The maximum atomic E-state index is 12.7. The lowest BCUT2D eigenvalue weighted by atomic mass is 10.0. The summed E-state index contributed by atoms with van der Waals surface area (Å²) in [5.74, 6) is -0.253. The van der Waals surface area contributed by atoms with Gasteiger partial charge in [0.05, 0.1) is 6.61 Å². The van der Waals surface area contributed by atoms with Crippen molar-refractivity contribution in [3.05, 3.63) is 71.9 Å². The molecule has 3 rings (SSSR count). The van der Waals surface area contributed by atoms with E-state index < -0.39 is 12.1 Å². The van der Waals surface area contributed by atoms with Crippen molar-refractivity contribution in [1.29, 1.82) is 0 Å². The molecule has 140 valence electrons. The van der Waals surface area contributed by atoms with E-state index in [2.05, 4.69) is 15.6 Å². The van der Waals surface area contributed by atoms with Crippen molar-refractivity contribution in [3.63, 3.8) is 0 Å². The Morgan fingerprint density at radius 1 is 1.07 bits per heavy atom. The molecule has 0 saturated carbocycles. The number of ether oxygens (including phenoxy) is 1. The van der Waals surface area contributed by atoms with Gasteiger partial charge >= 0.3 is 6.09 Å². The average molecular weight is 365 g/mol. The van der Waals surface area contributed by atoms with E-state index in [4.69, 9.17) is 4.74 Å². The molecule has 0 aliphatic rings. The largest absolute Gasteiger partial charge is 0.450 e. The third-order valence-corrected chi connectivity index (χ3v) is 4.29. The third kappa shape index (κ3) is 4.88. The van der Waals surface area contributed by atoms with Crippen LogP contribution in [0.5, 0.6) is 0 Å². The zero-order valence-corrected chi connectivity index (χ0v) is 15.2. The summed E-state index contributed by atoms with van der Waals surface area (Å²) < 4.78 is 4.95. The minimum Gasteiger partial charge on any atom is -0.450 e. The molecule has 0 radical (unpaired) electrons. The van der Waals surface area contributed by atoms with Gasteiger partial charge in [-0.3, -0.25) is 4.79 Å². The van der Waals surface area contributed by atoms with Crippen molar-refractivity contribution in [2.75, 3.05) is 6.61 Å². The van der Waals surface area contributed by atoms with E-state index in [-0.39, 0.29) is 12.5 Å². The Kier molecular flexibility index (Phi) is 6.10. The normalized spacial score (nSPS) is 11.7. The number of fused-ring (bicyclic) bond motifs is 1. The summed E-state index contributed by atoms with van der Waals surface area (Å²) in [6.07, 6.45) is 1.63. The van der Waals surface area contributed by atoms with E-state index >= 15 is 0 Å². The molecule has 0 saturated heterocycles. The zero-order chi connectivity index (χ0) is 19.1. The number of amides is 2. The smallest absolute Gasteiger partial charge is 0.407 e. The summed E-state index contributed by atoms with van der Waals surface area (Å²) in [6.45, 7) is 2.37. The number of hydrogen-bond acceptors (Lipinski definition) is 3. The first-order valence-corrected chi connectivity index (χ1v) is 8.97. The van der Waals surface area contributed by atoms with Gasteiger partial charge in [0.2, 0.25) is 5.91 Å². The van der Waals surface area contributed by atoms with Crippen molar-refractivity contribution < 1.29 is 14.3 Å². The van der Waals surface area contributed by atoms with Crippen molar-refractivity contribution in [2.24, 2.45) is 0 Å². The predicted octanol–water partition coefficient (Wildman–Crippen LogP) is 3.14. The Morgan fingerprint density at radius 3 is 2.59 bits per heavy atom. The highest BCUT2D eigenvalue weighted by Gasteiger charge is 2.23. The van der Waals surface area contributed by atoms with Crippen LogP contribution < -0.4 is 10.6 Å². The topological polar surface area (TPSA) is 83.2 Å². The SMILES string of the molecule is CCOC(=O)N[C@@H](Cc1c[nH]c2ccccc12)C(=O)NCc1ccccc1. The number of carbonyl (C=O) groups is 2. The summed E-state index contributed by atoms with van der Waals surface area (Å²) >= 11 is 0. The lowest BCUT2D eigenvalue weighted by molar-refractivity contribution is -0.123. The van der Waals surface area contributed by atoms with E-state index in [0.717, 1.165) is 22.0 Å². The van der Waals surface area contributed by atoms with E-state index in [1.165, 1.54) is 0 Å². The molecular weight excluding hydrogens is 342 g/mol. The van der Waals surface area contributed by atoms with Gasteiger partial charge in [0.15, 0.2) is 0 Å². The first kappa shape index (κ1) is 18.5. The first-order chi connectivity index (χ1) is 13.2. The fourth-order valence-corrected chi connectivity index (χ4v) is 2.95. The van der Waals surface area contributed by atoms with Gasteiger partial charge in [0, 0.05) is 30.1 Å². The Labute approximate surface area is 157 Å². The lowest BCUT2D eigenvalue weighted by Crippen LogP contribution is -2.48. The highest BCUT2D eigenvalue weighted by Crippen LogP contribution is 2.19. The summed E-state index contributed by atoms with van der Waals surface area (Å²) in [4.78, 5) is 27.8. The molecule has 1 aromatic heterocycles. The molecule has 1 atom stereocenters. The number of nitrogens with one attached hydrogen (secondary N) is 3. The Bertz CT molecular complexity index is 905. The molecule has 0 spiro atoms. The summed E-state index contributed by atoms with van der Waals surface area (Å²) in [7, 11) is 0. The minimum absolute atomic E-state index is 0.247. The second-order valence-electron chi connectivity index (χ2n) is 6.18. The van der Waals surface area contributed by atoms with Gasteiger partial charge in [0.1, 0.15) is 6.04 Å². The number of carbonyl (C=O) groups excluding carboxylic acids is 2. The van der Waals surface area contributed by atoms with Crippen molar-refractivity contribution >= 4 is 22.9 Å². The van der Waals surface area contributed by atoms with Gasteiger partial charge in [0.25, 0.3) is 0 Å². The number of para-hydroxylation sites is 1. The second-order valence-corrected chi connectivity index (χ2v) is 6.18. The number of H-pyrrole nitrogens is 1. The second kappa shape index (κ2) is 8.89. The van der Waals surface area contributed by atoms with Crippen LogP contribution in [0, 0.1) is 0 Å². The highest BCUT2D eigenvalue weighted by molar-refractivity contribution is 5.88. The van der Waals surface area contributed by atoms with Crippen LogP contribution in [0.15, 0.2) is 60.8 Å². The summed E-state index contributed by atoms with van der Waals surface area (Å²) in [6, 6.07) is 16.8. The van der Waals surface area contributed by atoms with Gasteiger partial charge in [-0.2, -0.15) is 0 Å². The molecule has 2 amide bonds. The van der Waals surface area contributed by atoms with Crippen LogP contribution in [0.4, 0.5) is 4.79 Å². The Balaban J connectivity index is 1.73. The maximum Gasteiger partial charge on any atom is 0.407 e. The number of benzene rings is 2. The van der Waals surface area contributed by atoms with Crippen molar-refractivity contribution in [2.45, 2.75) is 25.9 Å². The molecule has 0 fully saturated rings. The number of hydrogen-bond donors (Lipinski definition) is 3. The molecule has 2 aromatic carbocycles. The average Bonchev–Trinajstić information content (AvgIpc) is 3.09. The zero-order valence-electron chi connectivity index (χ0n) is 15.2. The van der Waals surface area contributed by atoms with Crippen LogP contribution in [0.25, 0.3) is 10.9 Å². The van der Waals surface area contributed by atoms with Gasteiger partial charge in [-0.25, -0.2) is 4.79 Å². The van der Waals surface area contributed by atoms with Crippen LogP contribution in [0.1, 0.15) is 18.1 Å². The molecular formula is C21H23N3O3. The van der Waals surface area contributed by atoms with Crippen LogP contribution in [-0.2, 0) is 22.5 Å². The highest BCUT2D eigenvalue weighted by atomic mass is 16.5. The molecule has 6 heteroatoms. The third-order valence-electron chi connectivity index (χ3n) is 4.29. The fraction of sp³-hybridized carbons (Fsp3) is 0.238. The van der Waals surface area contributed by atoms with E-state index in [0.29, 0.717) is 13.0 Å².